The number of nitrogens with one attached hydrogen (secondary N) is 1. The lowest BCUT2D eigenvalue weighted by atomic mass is 10.0. The molecule has 0 unspecified atom stereocenters. The van der Waals surface area contributed by atoms with Crippen LogP contribution >= 0.6 is 0 Å². The van der Waals surface area contributed by atoms with Crippen molar-refractivity contribution in [3.05, 3.63) is 66.1 Å². The molecular formula is C27H28F2N6O2S. The molecule has 0 saturated carbocycles. The third-order valence-corrected chi connectivity index (χ3v) is 9.03. The third-order valence-electron chi connectivity index (χ3n) is 7.42. The fraction of sp³-hybridized carbons (Fsp3) is 0.370. The summed E-state index contributed by atoms with van der Waals surface area (Å²) in [5.41, 5.74) is 3.53. The lowest BCUT2D eigenvalue weighted by molar-refractivity contribution is 0.278. The van der Waals surface area contributed by atoms with Gasteiger partial charge < -0.3 is 5.32 Å². The number of nitrogens with zero attached hydrogens (tertiary/aromatic N) is 5. The summed E-state index contributed by atoms with van der Waals surface area (Å²) in [5.74, 6) is -1.33. The zero-order chi connectivity index (χ0) is 26.3. The molecule has 38 heavy (non-hydrogen) atoms. The van der Waals surface area contributed by atoms with Gasteiger partial charge in [-0.15, -0.1) is 0 Å². The maximum atomic E-state index is 15.2. The number of hydrogen-bond acceptors (Lipinski definition) is 7. The molecule has 0 radical (unpaired) electrons. The van der Waals surface area contributed by atoms with Gasteiger partial charge in [-0.3, -0.25) is 14.6 Å². The lowest BCUT2D eigenvalue weighted by Gasteiger charge is -2.26. The molecule has 2 aliphatic heterocycles. The zero-order valence-corrected chi connectivity index (χ0v) is 21.6. The second-order valence-electron chi connectivity index (χ2n) is 9.97. The second kappa shape index (κ2) is 10.1. The predicted octanol–water partition coefficient (Wildman–Crippen LogP) is 3.59. The lowest BCUT2D eigenvalue weighted by Crippen LogP contribution is -2.40. The summed E-state index contributed by atoms with van der Waals surface area (Å²) in [4.78, 5) is 11.2. The van der Waals surface area contributed by atoms with E-state index in [1.807, 2.05) is 16.9 Å². The van der Waals surface area contributed by atoms with E-state index in [9.17, 15) is 8.42 Å². The highest BCUT2D eigenvalue weighted by Crippen LogP contribution is 2.31. The van der Waals surface area contributed by atoms with Gasteiger partial charge in [0.05, 0.1) is 46.7 Å². The molecule has 0 bridgehead atoms. The van der Waals surface area contributed by atoms with Gasteiger partial charge >= 0.3 is 0 Å². The first-order chi connectivity index (χ1) is 18.4. The second-order valence-corrected chi connectivity index (χ2v) is 12.3. The molecule has 0 aliphatic carbocycles. The summed E-state index contributed by atoms with van der Waals surface area (Å²) in [7, 11) is -3.07. The van der Waals surface area contributed by atoms with Crippen molar-refractivity contribution in [3.63, 3.8) is 0 Å². The molecule has 0 atom stereocenters. The van der Waals surface area contributed by atoms with Gasteiger partial charge in [0.2, 0.25) is 0 Å². The van der Waals surface area contributed by atoms with Gasteiger partial charge in [-0.25, -0.2) is 22.2 Å². The Morgan fingerprint density at radius 1 is 1.00 bits per heavy atom. The fourth-order valence-electron chi connectivity index (χ4n) is 5.19. The average Bonchev–Trinajstić information content (AvgIpc) is 3.42. The first-order valence-electron chi connectivity index (χ1n) is 12.8. The molecule has 1 N–H and O–H groups in total. The van der Waals surface area contributed by atoms with E-state index in [4.69, 9.17) is 4.98 Å². The third kappa shape index (κ3) is 5.05. The largest absolute Gasteiger partial charge is 0.317 e. The summed E-state index contributed by atoms with van der Waals surface area (Å²) >= 11 is 0. The van der Waals surface area contributed by atoms with Crippen molar-refractivity contribution in [2.24, 2.45) is 0 Å². The molecule has 4 heterocycles. The number of sulfone groups is 1. The standard InChI is InChI=1S/C27H28F2N6O2S/c28-23-12-18(13-24(29)22(23)17-34-8-10-38(36,37)11-9-34)21-2-1-3-25-27(21)33-26(15-31-25)19-14-32-35(16-19)20-4-6-30-7-5-20/h1-3,12-16,20,30H,4-11,17H2. The Hall–Kier alpha value is -3.28. The van der Waals surface area contributed by atoms with Crippen LogP contribution in [0.4, 0.5) is 8.78 Å². The van der Waals surface area contributed by atoms with Crippen LogP contribution in [-0.4, -0.2) is 70.8 Å². The Bertz CT molecular complexity index is 1560. The normalized spacial score (nSPS) is 18.7. The average molecular weight is 539 g/mol. The Morgan fingerprint density at radius 2 is 1.74 bits per heavy atom. The number of piperidine rings is 1. The van der Waals surface area contributed by atoms with Crippen LogP contribution in [0.15, 0.2) is 48.9 Å². The minimum Gasteiger partial charge on any atom is -0.317 e. The van der Waals surface area contributed by atoms with Gasteiger partial charge in [-0.2, -0.15) is 5.10 Å². The summed E-state index contributed by atoms with van der Waals surface area (Å²) < 4.78 is 55.7. The number of benzene rings is 2. The summed E-state index contributed by atoms with van der Waals surface area (Å²) in [6.45, 7) is 2.47. The Kier molecular flexibility index (Phi) is 6.67. The molecule has 2 saturated heterocycles. The van der Waals surface area contributed by atoms with Gasteiger partial charge in [-0.1, -0.05) is 12.1 Å². The molecule has 6 rings (SSSR count). The summed E-state index contributed by atoms with van der Waals surface area (Å²) in [5, 5.41) is 7.91. The van der Waals surface area contributed by atoms with Crippen LogP contribution in [0.3, 0.4) is 0 Å². The van der Waals surface area contributed by atoms with Crippen molar-refractivity contribution in [3.8, 4) is 22.4 Å². The van der Waals surface area contributed by atoms with Crippen LogP contribution in [0.25, 0.3) is 33.4 Å². The molecule has 2 fully saturated rings. The van der Waals surface area contributed by atoms with E-state index in [1.54, 1.807) is 29.4 Å². The number of para-hydroxylation sites is 1. The number of halogens is 2. The van der Waals surface area contributed by atoms with Crippen LogP contribution in [0.5, 0.6) is 0 Å². The highest BCUT2D eigenvalue weighted by atomic mass is 32.2. The number of rotatable bonds is 5. The first kappa shape index (κ1) is 25.0. The van der Waals surface area contributed by atoms with Gasteiger partial charge in [-0.05, 0) is 49.7 Å². The van der Waals surface area contributed by atoms with E-state index >= 15 is 8.78 Å². The fourth-order valence-corrected chi connectivity index (χ4v) is 6.46. The van der Waals surface area contributed by atoms with Crippen LogP contribution in [-0.2, 0) is 16.4 Å². The van der Waals surface area contributed by atoms with E-state index in [0.29, 0.717) is 33.9 Å². The maximum absolute atomic E-state index is 15.2. The molecule has 4 aromatic rings. The predicted molar refractivity (Wildman–Crippen MR) is 141 cm³/mol. The van der Waals surface area contributed by atoms with Crippen LogP contribution in [0, 0.1) is 11.6 Å². The summed E-state index contributed by atoms with van der Waals surface area (Å²) in [6, 6.07) is 8.36. The maximum Gasteiger partial charge on any atom is 0.152 e. The van der Waals surface area contributed by atoms with Gasteiger partial charge in [0.1, 0.15) is 11.6 Å². The molecule has 11 heteroatoms. The Labute approximate surface area is 219 Å². The zero-order valence-electron chi connectivity index (χ0n) is 20.8. The van der Waals surface area contributed by atoms with Gasteiger partial charge in [0.25, 0.3) is 0 Å². The highest BCUT2D eigenvalue weighted by molar-refractivity contribution is 7.91. The first-order valence-corrected chi connectivity index (χ1v) is 14.6. The molecule has 0 spiro atoms. The SMILES string of the molecule is O=S1(=O)CCN(Cc2c(F)cc(-c3cccc4ncc(-c5cnn(C6CCNCC6)c5)nc34)cc2F)CC1. The molecule has 2 aromatic carbocycles. The molecule has 2 aromatic heterocycles. The van der Waals surface area contributed by atoms with Crippen molar-refractivity contribution in [1.29, 1.82) is 0 Å². The molecule has 0 amide bonds. The van der Waals surface area contributed by atoms with Crippen LogP contribution < -0.4 is 5.32 Å². The van der Waals surface area contributed by atoms with Gasteiger partial charge in [0.15, 0.2) is 9.84 Å². The number of fused-ring (bicyclic) bond motifs is 1. The van der Waals surface area contributed by atoms with Crippen molar-refractivity contribution >= 4 is 20.9 Å². The van der Waals surface area contributed by atoms with E-state index in [0.717, 1.165) is 31.5 Å². The van der Waals surface area contributed by atoms with Crippen LogP contribution in [0.1, 0.15) is 24.4 Å². The Balaban J connectivity index is 1.31. The van der Waals surface area contributed by atoms with Gasteiger partial charge in [0, 0.05) is 42.5 Å². The monoisotopic (exact) mass is 538 g/mol. The van der Waals surface area contributed by atoms with E-state index in [2.05, 4.69) is 15.4 Å². The summed E-state index contributed by atoms with van der Waals surface area (Å²) in [6.07, 6.45) is 7.48. The smallest absolute Gasteiger partial charge is 0.152 e. The quantitative estimate of drug-likeness (QED) is 0.415. The minimum atomic E-state index is -3.07. The van der Waals surface area contributed by atoms with Crippen molar-refractivity contribution in [1.82, 2.24) is 30.0 Å². The highest BCUT2D eigenvalue weighted by Gasteiger charge is 2.24. The minimum absolute atomic E-state index is 0.00208. The van der Waals surface area contributed by atoms with E-state index < -0.39 is 21.5 Å². The van der Waals surface area contributed by atoms with E-state index in [-0.39, 0.29) is 36.7 Å². The Morgan fingerprint density at radius 3 is 2.47 bits per heavy atom. The van der Waals surface area contributed by atoms with Crippen LogP contribution in [0.2, 0.25) is 0 Å². The van der Waals surface area contributed by atoms with E-state index in [1.165, 1.54) is 12.1 Å². The van der Waals surface area contributed by atoms with Crippen molar-refractivity contribution in [2.45, 2.75) is 25.4 Å². The number of aromatic nitrogens is 4. The molecular weight excluding hydrogens is 510 g/mol. The molecule has 2 aliphatic rings. The topological polar surface area (TPSA) is 93.0 Å². The number of hydrogen-bond donors (Lipinski definition) is 1. The van der Waals surface area contributed by atoms with Crippen molar-refractivity contribution in [2.75, 3.05) is 37.7 Å². The molecule has 198 valence electrons. The molecule has 8 nitrogen and oxygen atoms in total. The van der Waals surface area contributed by atoms with Crippen molar-refractivity contribution < 1.29 is 17.2 Å².